The second kappa shape index (κ2) is 4.61. The van der Waals surface area contributed by atoms with E-state index in [0.29, 0.717) is 24.1 Å². The molecule has 0 unspecified atom stereocenters. The van der Waals surface area contributed by atoms with E-state index in [1.54, 1.807) is 13.1 Å². The van der Waals surface area contributed by atoms with E-state index in [-0.39, 0.29) is 16.5 Å². The SMILES string of the molecule is CNc1ccc([N+](=O)[O-])c(NCC2C(C)(C)C2(C)C)n1. The van der Waals surface area contributed by atoms with Crippen LogP contribution in [0, 0.1) is 26.9 Å². The summed E-state index contributed by atoms with van der Waals surface area (Å²) in [6.07, 6.45) is 0. The van der Waals surface area contributed by atoms with Crippen LogP contribution in [0.25, 0.3) is 0 Å². The van der Waals surface area contributed by atoms with Crippen molar-refractivity contribution in [2.24, 2.45) is 16.7 Å². The summed E-state index contributed by atoms with van der Waals surface area (Å²) in [7, 11) is 1.74. The number of nitrogens with zero attached hydrogens (tertiary/aromatic N) is 2. The fourth-order valence-corrected chi connectivity index (χ4v) is 2.91. The maximum atomic E-state index is 11.0. The fraction of sp³-hybridized carbons (Fsp3) is 0.643. The topological polar surface area (TPSA) is 80.1 Å². The molecule has 1 aliphatic carbocycles. The minimum Gasteiger partial charge on any atom is -0.373 e. The molecule has 1 aliphatic rings. The Labute approximate surface area is 119 Å². The summed E-state index contributed by atoms with van der Waals surface area (Å²) in [4.78, 5) is 14.9. The summed E-state index contributed by atoms with van der Waals surface area (Å²) in [6, 6.07) is 3.08. The highest BCUT2D eigenvalue weighted by Crippen LogP contribution is 2.68. The molecule has 1 heterocycles. The minimum atomic E-state index is -0.405. The molecule has 1 fully saturated rings. The average molecular weight is 278 g/mol. The lowest BCUT2D eigenvalue weighted by atomic mass is 10.0. The van der Waals surface area contributed by atoms with Crippen LogP contribution >= 0.6 is 0 Å². The van der Waals surface area contributed by atoms with Gasteiger partial charge < -0.3 is 10.6 Å². The molecular formula is C14H22N4O2. The van der Waals surface area contributed by atoms with Gasteiger partial charge in [-0.05, 0) is 22.8 Å². The normalized spacial score (nSPS) is 19.4. The summed E-state index contributed by atoms with van der Waals surface area (Å²) in [5.41, 5.74) is 0.505. The Morgan fingerprint density at radius 2 is 1.90 bits per heavy atom. The third kappa shape index (κ3) is 2.19. The minimum absolute atomic E-state index is 0.0141. The van der Waals surface area contributed by atoms with Crippen molar-refractivity contribution >= 4 is 17.3 Å². The standard InChI is InChI=1S/C14H22N4O2/c1-13(2)10(14(13,3)4)8-16-12-9(18(19)20)6-7-11(15-5)17-12/h6-7,10H,8H2,1-5H3,(H2,15,16,17). The molecule has 1 aromatic heterocycles. The third-order valence-corrected chi connectivity index (χ3v) is 5.12. The number of anilines is 2. The summed E-state index contributed by atoms with van der Waals surface area (Å²) < 4.78 is 0. The van der Waals surface area contributed by atoms with Crippen LogP contribution in [0.2, 0.25) is 0 Å². The Kier molecular flexibility index (Phi) is 3.36. The van der Waals surface area contributed by atoms with Gasteiger partial charge >= 0.3 is 5.69 Å². The molecule has 1 aromatic rings. The molecular weight excluding hydrogens is 256 g/mol. The Balaban J connectivity index is 2.15. The van der Waals surface area contributed by atoms with Gasteiger partial charge in [-0.15, -0.1) is 0 Å². The highest BCUT2D eigenvalue weighted by Gasteiger charge is 2.64. The number of nitrogens with one attached hydrogen (secondary N) is 2. The van der Waals surface area contributed by atoms with Crippen molar-refractivity contribution in [3.63, 3.8) is 0 Å². The lowest BCUT2D eigenvalue weighted by molar-refractivity contribution is -0.384. The molecule has 0 radical (unpaired) electrons. The van der Waals surface area contributed by atoms with Gasteiger partial charge in [0, 0.05) is 19.7 Å². The number of hydrogen-bond acceptors (Lipinski definition) is 5. The van der Waals surface area contributed by atoms with Gasteiger partial charge in [-0.25, -0.2) is 4.98 Å². The van der Waals surface area contributed by atoms with Gasteiger partial charge in [0.15, 0.2) is 0 Å². The molecule has 0 bridgehead atoms. The first-order valence-electron chi connectivity index (χ1n) is 6.79. The van der Waals surface area contributed by atoms with E-state index in [9.17, 15) is 10.1 Å². The summed E-state index contributed by atoms with van der Waals surface area (Å²) in [6.45, 7) is 9.61. The van der Waals surface area contributed by atoms with Gasteiger partial charge in [-0.1, -0.05) is 27.7 Å². The van der Waals surface area contributed by atoms with Crippen molar-refractivity contribution < 1.29 is 4.92 Å². The van der Waals surface area contributed by atoms with Crippen molar-refractivity contribution in [1.29, 1.82) is 0 Å². The Morgan fingerprint density at radius 1 is 1.30 bits per heavy atom. The Morgan fingerprint density at radius 3 is 2.35 bits per heavy atom. The van der Waals surface area contributed by atoms with Crippen molar-refractivity contribution in [1.82, 2.24) is 4.98 Å². The predicted molar refractivity (Wildman–Crippen MR) is 80.0 cm³/mol. The average Bonchev–Trinajstić information content (AvgIpc) is 2.76. The van der Waals surface area contributed by atoms with E-state index in [1.165, 1.54) is 6.07 Å². The van der Waals surface area contributed by atoms with Crippen LogP contribution in [0.1, 0.15) is 27.7 Å². The maximum absolute atomic E-state index is 11.0. The number of aromatic nitrogens is 1. The van der Waals surface area contributed by atoms with E-state index in [4.69, 9.17) is 0 Å². The quantitative estimate of drug-likeness (QED) is 0.639. The first-order chi connectivity index (χ1) is 9.21. The van der Waals surface area contributed by atoms with Crippen LogP contribution in [0.15, 0.2) is 12.1 Å². The van der Waals surface area contributed by atoms with E-state index in [0.717, 1.165) is 0 Å². The van der Waals surface area contributed by atoms with E-state index >= 15 is 0 Å². The Bertz CT molecular complexity index is 526. The fourth-order valence-electron chi connectivity index (χ4n) is 2.91. The largest absolute Gasteiger partial charge is 0.373 e. The van der Waals surface area contributed by atoms with Crippen LogP contribution in [-0.4, -0.2) is 23.5 Å². The van der Waals surface area contributed by atoms with Crippen LogP contribution in [-0.2, 0) is 0 Å². The van der Waals surface area contributed by atoms with Gasteiger partial charge in [-0.3, -0.25) is 10.1 Å². The second-order valence-electron chi connectivity index (χ2n) is 6.45. The summed E-state index contributed by atoms with van der Waals surface area (Å²) in [5, 5.41) is 17.1. The van der Waals surface area contributed by atoms with Crippen LogP contribution in [0.4, 0.5) is 17.3 Å². The van der Waals surface area contributed by atoms with Crippen LogP contribution in [0.5, 0.6) is 0 Å². The van der Waals surface area contributed by atoms with Crippen molar-refractivity contribution in [2.75, 3.05) is 24.2 Å². The molecule has 0 saturated heterocycles. The molecule has 0 spiro atoms. The molecule has 1 saturated carbocycles. The van der Waals surface area contributed by atoms with Crippen LogP contribution < -0.4 is 10.6 Å². The van der Waals surface area contributed by atoms with Crippen molar-refractivity contribution in [2.45, 2.75) is 27.7 Å². The smallest absolute Gasteiger partial charge is 0.311 e. The molecule has 0 atom stereocenters. The van der Waals surface area contributed by atoms with E-state index in [2.05, 4.69) is 43.3 Å². The lowest BCUT2D eigenvalue weighted by Gasteiger charge is -2.09. The van der Waals surface area contributed by atoms with Crippen molar-refractivity contribution in [3.05, 3.63) is 22.2 Å². The summed E-state index contributed by atoms with van der Waals surface area (Å²) >= 11 is 0. The number of hydrogen-bond donors (Lipinski definition) is 2. The zero-order valence-corrected chi connectivity index (χ0v) is 12.7. The molecule has 2 N–H and O–H groups in total. The van der Waals surface area contributed by atoms with Gasteiger partial charge in [0.05, 0.1) is 4.92 Å². The van der Waals surface area contributed by atoms with Gasteiger partial charge in [0.25, 0.3) is 0 Å². The highest BCUT2D eigenvalue weighted by atomic mass is 16.6. The number of pyridine rings is 1. The molecule has 0 aliphatic heterocycles. The molecule has 6 heteroatoms. The number of rotatable bonds is 5. The predicted octanol–water partition coefficient (Wildman–Crippen LogP) is 3.13. The zero-order chi connectivity index (χ0) is 15.1. The number of nitro groups is 1. The third-order valence-electron chi connectivity index (χ3n) is 5.12. The zero-order valence-electron chi connectivity index (χ0n) is 12.7. The first kappa shape index (κ1) is 14.6. The molecule has 2 rings (SSSR count). The van der Waals surface area contributed by atoms with E-state index in [1.807, 2.05) is 0 Å². The summed E-state index contributed by atoms with van der Waals surface area (Å²) in [5.74, 6) is 1.43. The van der Waals surface area contributed by atoms with Crippen LogP contribution in [0.3, 0.4) is 0 Å². The van der Waals surface area contributed by atoms with Gasteiger partial charge in [0.2, 0.25) is 5.82 Å². The van der Waals surface area contributed by atoms with E-state index < -0.39 is 4.92 Å². The molecule has 0 aromatic carbocycles. The van der Waals surface area contributed by atoms with Gasteiger partial charge in [0.1, 0.15) is 5.82 Å². The first-order valence-corrected chi connectivity index (χ1v) is 6.79. The lowest BCUT2D eigenvalue weighted by Crippen LogP contribution is -2.11. The Hall–Kier alpha value is -1.85. The van der Waals surface area contributed by atoms with Gasteiger partial charge in [-0.2, -0.15) is 0 Å². The molecule has 110 valence electrons. The monoisotopic (exact) mass is 278 g/mol. The second-order valence-corrected chi connectivity index (χ2v) is 6.45. The highest BCUT2D eigenvalue weighted by molar-refractivity contribution is 5.60. The molecule has 0 amide bonds. The molecule has 20 heavy (non-hydrogen) atoms. The molecule has 6 nitrogen and oxygen atoms in total. The van der Waals surface area contributed by atoms with Crippen molar-refractivity contribution in [3.8, 4) is 0 Å². The maximum Gasteiger partial charge on any atom is 0.311 e.